The quantitative estimate of drug-likeness (QED) is 0.134. The van der Waals surface area contributed by atoms with E-state index in [1.807, 2.05) is 41.8 Å². The molecule has 0 spiro atoms. The van der Waals surface area contributed by atoms with E-state index in [1.54, 1.807) is 48.6 Å². The summed E-state index contributed by atoms with van der Waals surface area (Å²) in [6.45, 7) is 11.4. The Balaban J connectivity index is 0.000000198. The summed E-state index contributed by atoms with van der Waals surface area (Å²) >= 11 is 12.3. The smallest absolute Gasteiger partial charge is 0.247 e. The Morgan fingerprint density at radius 3 is 1.44 bits per heavy atom. The lowest BCUT2D eigenvalue weighted by molar-refractivity contribution is -0.141. The average molecular weight is 964 g/mol. The number of fused-ring (bicyclic) bond motifs is 4. The van der Waals surface area contributed by atoms with Gasteiger partial charge >= 0.3 is 0 Å². The van der Waals surface area contributed by atoms with Crippen LogP contribution in [0.2, 0.25) is 10.0 Å². The molecule has 4 aliphatic rings. The van der Waals surface area contributed by atoms with Crippen molar-refractivity contribution in [3.63, 3.8) is 0 Å². The number of anilines is 2. The van der Waals surface area contributed by atoms with Gasteiger partial charge in [0.05, 0.1) is 36.1 Å². The third-order valence-electron chi connectivity index (χ3n) is 12.5. The monoisotopic (exact) mass is 962 g/mol. The third-order valence-corrected chi connectivity index (χ3v) is 13.9. The van der Waals surface area contributed by atoms with E-state index in [4.69, 9.17) is 28.9 Å². The van der Waals surface area contributed by atoms with Gasteiger partial charge < -0.3 is 25.3 Å². The summed E-state index contributed by atoms with van der Waals surface area (Å²) in [7, 11) is 0.653. The predicted molar refractivity (Wildman–Crippen MR) is 261 cm³/mol. The van der Waals surface area contributed by atoms with Gasteiger partial charge in [0, 0.05) is 93.3 Å². The van der Waals surface area contributed by atoms with E-state index in [1.165, 1.54) is 30.3 Å². The molecule has 3 N–H and O–H groups in total. The fourth-order valence-corrected chi connectivity index (χ4v) is 10.5. The van der Waals surface area contributed by atoms with Crippen LogP contribution in [0.3, 0.4) is 0 Å². The molecule has 17 heteroatoms. The minimum absolute atomic E-state index is 0.0107. The number of carbonyl (C=O) groups is 2. The van der Waals surface area contributed by atoms with Crippen molar-refractivity contribution in [2.24, 2.45) is 0 Å². The Kier molecular flexibility index (Phi) is 15.6. The second kappa shape index (κ2) is 21.0. The fourth-order valence-electron chi connectivity index (χ4n) is 9.62. The van der Waals surface area contributed by atoms with E-state index < -0.39 is 10.0 Å². The molecular weight excluding hydrogens is 906 g/mol. The van der Waals surface area contributed by atoms with Gasteiger partial charge in [0.2, 0.25) is 21.8 Å². The van der Waals surface area contributed by atoms with Gasteiger partial charge in [-0.05, 0) is 122 Å². The zero-order valence-electron chi connectivity index (χ0n) is 37.9. The lowest BCUT2D eigenvalue weighted by atomic mass is 9.99. The third kappa shape index (κ3) is 12.6. The molecule has 4 atom stereocenters. The first-order valence-corrected chi connectivity index (χ1v) is 24.6. The second-order valence-electron chi connectivity index (χ2n) is 18.1. The normalized spacial score (nSPS) is 21.8. The first kappa shape index (κ1) is 49.0. The molecule has 4 heterocycles. The Bertz CT molecular complexity index is 2550. The number of carbonyl (C=O) groups excluding carboxylic acids is 2. The van der Waals surface area contributed by atoms with Crippen LogP contribution in [0.4, 0.5) is 20.2 Å². The van der Waals surface area contributed by atoms with Crippen molar-refractivity contribution in [2.75, 3.05) is 83.2 Å². The number of amides is 2. The number of likely N-dealkylation sites (N-methyl/N-ethyl adjacent to an activating group) is 2. The maximum Gasteiger partial charge on any atom is 0.247 e. The highest BCUT2D eigenvalue weighted by Crippen LogP contribution is 2.30. The molecule has 12 nitrogen and oxygen atoms in total. The van der Waals surface area contributed by atoms with Crippen LogP contribution in [0, 0.1) is 25.5 Å². The molecule has 4 fully saturated rings. The summed E-state index contributed by atoms with van der Waals surface area (Å²) in [6, 6.07) is 20.4. The highest BCUT2D eigenvalue weighted by molar-refractivity contribution is 7.92. The zero-order valence-corrected chi connectivity index (χ0v) is 40.3. The van der Waals surface area contributed by atoms with Crippen molar-refractivity contribution in [1.82, 2.24) is 29.4 Å². The Morgan fingerprint density at radius 1 is 0.652 bits per heavy atom. The number of benzene rings is 4. The summed E-state index contributed by atoms with van der Waals surface area (Å²) in [5, 5.41) is 1.06. The average Bonchev–Trinajstić information content (AvgIpc) is 3.22. The Morgan fingerprint density at radius 2 is 1.03 bits per heavy atom. The molecule has 0 saturated carbocycles. The highest BCUT2D eigenvalue weighted by atomic mass is 35.5. The number of piperazine rings is 4. The van der Waals surface area contributed by atoms with Crippen LogP contribution in [0.1, 0.15) is 33.4 Å². The second-order valence-corrected chi connectivity index (χ2v) is 20.7. The molecule has 66 heavy (non-hydrogen) atoms. The number of halogens is 4. The number of nitrogen functional groups attached to an aromatic ring is 1. The number of hydrogen-bond donors (Lipinski definition) is 2. The molecule has 2 amide bonds. The van der Waals surface area contributed by atoms with E-state index in [0.717, 1.165) is 93.0 Å². The van der Waals surface area contributed by atoms with Gasteiger partial charge in [0.15, 0.2) is 0 Å². The lowest BCUT2D eigenvalue weighted by Crippen LogP contribution is -2.68. The largest absolute Gasteiger partial charge is 0.398 e. The number of aryl methyl sites for hydroxylation is 2. The first-order chi connectivity index (χ1) is 31.3. The van der Waals surface area contributed by atoms with Crippen LogP contribution >= 0.6 is 23.2 Å². The van der Waals surface area contributed by atoms with Gasteiger partial charge in [0.1, 0.15) is 11.6 Å². The summed E-state index contributed by atoms with van der Waals surface area (Å²) in [6.07, 6.45) is 7.63. The van der Waals surface area contributed by atoms with Crippen LogP contribution in [0.5, 0.6) is 0 Å². The summed E-state index contributed by atoms with van der Waals surface area (Å²) in [4.78, 5) is 39.7. The molecule has 4 unspecified atom stereocenters. The number of nitrogens with zero attached hydrogens (tertiary/aromatic N) is 6. The van der Waals surface area contributed by atoms with E-state index in [2.05, 4.69) is 38.4 Å². The van der Waals surface area contributed by atoms with Gasteiger partial charge in [-0.2, -0.15) is 0 Å². The van der Waals surface area contributed by atoms with Gasteiger partial charge in [-0.3, -0.25) is 24.1 Å². The van der Waals surface area contributed by atoms with Crippen LogP contribution in [-0.4, -0.2) is 147 Å². The van der Waals surface area contributed by atoms with Crippen LogP contribution in [0.25, 0.3) is 12.2 Å². The minimum atomic E-state index is -3.51. The van der Waals surface area contributed by atoms with Crippen molar-refractivity contribution in [2.45, 2.75) is 51.1 Å². The van der Waals surface area contributed by atoms with Crippen molar-refractivity contribution >= 4 is 68.6 Å². The number of rotatable bonds is 10. The Hall–Kier alpha value is -4.87. The topological polar surface area (TPSA) is 126 Å². The summed E-state index contributed by atoms with van der Waals surface area (Å²) < 4.78 is 52.5. The molecule has 4 aromatic carbocycles. The zero-order chi connectivity index (χ0) is 47.4. The summed E-state index contributed by atoms with van der Waals surface area (Å²) in [5.74, 6) is -0.565. The molecule has 0 aliphatic carbocycles. The van der Waals surface area contributed by atoms with Crippen LogP contribution in [0.15, 0.2) is 84.9 Å². The van der Waals surface area contributed by atoms with Gasteiger partial charge in [-0.25, -0.2) is 17.2 Å². The van der Waals surface area contributed by atoms with E-state index in [-0.39, 0.29) is 47.6 Å². The fraction of sp³-hybridized carbons (Fsp3) is 0.388. The molecule has 4 saturated heterocycles. The molecule has 8 rings (SSSR count). The molecule has 0 radical (unpaired) electrons. The first-order valence-electron chi connectivity index (χ1n) is 21.9. The molecule has 0 aromatic heterocycles. The van der Waals surface area contributed by atoms with Crippen molar-refractivity contribution in [3.05, 3.63) is 140 Å². The standard InChI is InChI=1S/C25H30ClFN4O3S.C24H28ClFN4O/c1-17-10-19(24(11-23(17)26)28-35(3,33)34)6-9-25(32)31-21-13-29(2)14-22(31)16-30(15-21)12-18-4-7-20(27)8-5-18;1-16-9-18(23(27)10-22(16)25)5-8-24(31)30-20-12-28(2)13-21(30)15-29(14-20)11-17-3-6-19(26)7-4-17/h4-11,21-22,28H,12-16H2,1-3H3;3-10,20-21H,11-15,27H2,1-2H3/b9-6+;8-5+. The maximum atomic E-state index is 13.3. The molecule has 4 aromatic rings. The maximum absolute atomic E-state index is 13.3. The minimum Gasteiger partial charge on any atom is -0.398 e. The van der Waals surface area contributed by atoms with Gasteiger partial charge in [-0.15, -0.1) is 0 Å². The van der Waals surface area contributed by atoms with Crippen molar-refractivity contribution < 1.29 is 26.8 Å². The van der Waals surface area contributed by atoms with E-state index in [0.29, 0.717) is 33.5 Å². The number of nitrogens with one attached hydrogen (secondary N) is 1. The molecule has 4 bridgehead atoms. The van der Waals surface area contributed by atoms with Gasteiger partial charge in [0.25, 0.3) is 0 Å². The lowest BCUT2D eigenvalue weighted by Gasteiger charge is -2.52. The SMILES string of the molecule is Cc1cc(/C=C/C(=O)N2C3CN(C)CC2CN(Cc2ccc(F)cc2)C3)c(N)cc1Cl.Cc1cc(/C=C/C(=O)N2C3CN(C)CC2CN(Cc2ccc(F)cc2)C3)c(NS(C)(=O)=O)cc1Cl. The van der Waals surface area contributed by atoms with E-state index in [9.17, 15) is 26.8 Å². The Labute approximate surface area is 397 Å². The summed E-state index contributed by atoms with van der Waals surface area (Å²) in [5.41, 5.74) is 12.2. The van der Waals surface area contributed by atoms with E-state index >= 15 is 0 Å². The van der Waals surface area contributed by atoms with Gasteiger partial charge in [-0.1, -0.05) is 47.5 Å². The molecular formula is C49H58Cl2F2N8O4S. The van der Waals surface area contributed by atoms with Crippen LogP contribution < -0.4 is 10.5 Å². The van der Waals surface area contributed by atoms with Crippen molar-refractivity contribution in [3.8, 4) is 0 Å². The number of sulfonamides is 1. The number of hydrogen-bond acceptors (Lipinski definition) is 9. The molecule has 4 aliphatic heterocycles. The molecule has 352 valence electrons. The number of nitrogens with two attached hydrogens (primary N) is 1. The highest BCUT2D eigenvalue weighted by Gasteiger charge is 2.42. The predicted octanol–water partition coefficient (Wildman–Crippen LogP) is 6.61. The van der Waals surface area contributed by atoms with Crippen molar-refractivity contribution in [1.29, 1.82) is 0 Å². The van der Waals surface area contributed by atoms with Crippen LogP contribution in [-0.2, 0) is 32.7 Å².